The van der Waals surface area contributed by atoms with Gasteiger partial charge in [-0.25, -0.2) is 4.98 Å². The van der Waals surface area contributed by atoms with Crippen molar-refractivity contribution in [1.82, 2.24) is 19.8 Å². The highest BCUT2D eigenvalue weighted by Crippen LogP contribution is 2.29. The second-order valence-corrected chi connectivity index (χ2v) is 7.81. The topological polar surface area (TPSA) is 61.5 Å². The van der Waals surface area contributed by atoms with Crippen molar-refractivity contribution in [3.8, 4) is 5.75 Å². The summed E-state index contributed by atoms with van der Waals surface area (Å²) in [5, 5.41) is 2.15. The molecule has 3 aliphatic heterocycles. The summed E-state index contributed by atoms with van der Waals surface area (Å²) in [6.45, 7) is 5.07. The van der Waals surface area contributed by atoms with E-state index in [1.807, 2.05) is 5.51 Å². The zero-order valence-corrected chi connectivity index (χ0v) is 15.3. The number of ether oxygens (including phenoxy) is 1. The second kappa shape index (κ2) is 7.27. The van der Waals surface area contributed by atoms with Crippen LogP contribution in [0.3, 0.4) is 0 Å². The molecular formula is C18H24N4O2S. The van der Waals surface area contributed by atoms with Crippen molar-refractivity contribution >= 4 is 11.3 Å². The van der Waals surface area contributed by atoms with Crippen LogP contribution in [0.15, 0.2) is 27.9 Å². The van der Waals surface area contributed by atoms with Gasteiger partial charge in [0.25, 0.3) is 0 Å². The van der Waals surface area contributed by atoms with Crippen molar-refractivity contribution in [3.63, 3.8) is 0 Å². The molecule has 134 valence electrons. The summed E-state index contributed by atoms with van der Waals surface area (Å²) >= 11 is 1.67. The molecule has 2 aromatic heterocycles. The quantitative estimate of drug-likeness (QED) is 0.883. The van der Waals surface area contributed by atoms with Gasteiger partial charge in [-0.1, -0.05) is 0 Å². The Labute approximate surface area is 151 Å². The molecule has 3 saturated heterocycles. The normalized spacial score (nSPS) is 24.4. The molecule has 0 aliphatic carbocycles. The summed E-state index contributed by atoms with van der Waals surface area (Å²) in [5.74, 6) is 1.07. The minimum absolute atomic E-state index is 0.0543. The Morgan fingerprint density at radius 3 is 3.00 bits per heavy atom. The second-order valence-electron chi connectivity index (χ2n) is 7.09. The van der Waals surface area contributed by atoms with Crippen molar-refractivity contribution < 1.29 is 4.74 Å². The van der Waals surface area contributed by atoms with E-state index in [0.29, 0.717) is 17.7 Å². The predicted molar refractivity (Wildman–Crippen MR) is 97.9 cm³/mol. The molecule has 0 spiro atoms. The number of rotatable bonds is 5. The number of fused-ring (bicyclic) bond motifs is 4. The van der Waals surface area contributed by atoms with E-state index in [1.165, 1.54) is 25.6 Å². The van der Waals surface area contributed by atoms with Crippen LogP contribution in [0.5, 0.6) is 5.75 Å². The lowest BCUT2D eigenvalue weighted by atomic mass is 9.95. The number of hydrogen-bond donors (Lipinski definition) is 1. The molecule has 5 heterocycles. The van der Waals surface area contributed by atoms with Gasteiger partial charge in [0.15, 0.2) is 5.75 Å². The lowest BCUT2D eigenvalue weighted by molar-refractivity contribution is 0.121. The van der Waals surface area contributed by atoms with E-state index in [0.717, 1.165) is 38.4 Å². The van der Waals surface area contributed by atoms with Crippen molar-refractivity contribution in [2.24, 2.45) is 5.92 Å². The van der Waals surface area contributed by atoms with Gasteiger partial charge in [0.2, 0.25) is 5.43 Å². The molecule has 25 heavy (non-hydrogen) atoms. The maximum absolute atomic E-state index is 12.0. The highest BCUT2D eigenvalue weighted by Gasteiger charge is 2.34. The van der Waals surface area contributed by atoms with Crippen LogP contribution < -0.4 is 10.2 Å². The third kappa shape index (κ3) is 3.78. The summed E-state index contributed by atoms with van der Waals surface area (Å²) in [6, 6.07) is 2.22. The van der Waals surface area contributed by atoms with E-state index in [4.69, 9.17) is 4.74 Å². The van der Waals surface area contributed by atoms with E-state index < -0.39 is 0 Å². The molecule has 0 aromatic carbocycles. The molecule has 3 fully saturated rings. The Bertz CT molecular complexity index is 761. The van der Waals surface area contributed by atoms with Gasteiger partial charge in [-0.3, -0.25) is 14.6 Å². The van der Waals surface area contributed by atoms with Crippen LogP contribution in [0.25, 0.3) is 0 Å². The SMILES string of the molecule is COc1c[nH]c(CN2C[C@H]3CC[C@@H]2CN(Cc2cscn2)C3)cc1=O. The highest BCUT2D eigenvalue weighted by molar-refractivity contribution is 7.07. The van der Waals surface area contributed by atoms with Gasteiger partial charge in [-0.2, -0.15) is 0 Å². The van der Waals surface area contributed by atoms with E-state index in [9.17, 15) is 4.79 Å². The number of pyridine rings is 1. The van der Waals surface area contributed by atoms with Gasteiger partial charge in [0.05, 0.1) is 18.3 Å². The molecule has 5 rings (SSSR count). The number of thiazole rings is 1. The molecule has 2 atom stereocenters. The summed E-state index contributed by atoms with van der Waals surface area (Å²) in [6.07, 6.45) is 4.20. The first-order valence-electron chi connectivity index (χ1n) is 8.80. The maximum atomic E-state index is 12.0. The van der Waals surface area contributed by atoms with E-state index >= 15 is 0 Å². The predicted octanol–water partition coefficient (Wildman–Crippen LogP) is 1.94. The van der Waals surface area contributed by atoms with Gasteiger partial charge in [-0.15, -0.1) is 11.3 Å². The third-order valence-corrected chi connectivity index (χ3v) is 5.94. The molecule has 0 amide bonds. The Balaban J connectivity index is 1.45. The molecule has 6 nitrogen and oxygen atoms in total. The largest absolute Gasteiger partial charge is 0.491 e. The van der Waals surface area contributed by atoms with Gasteiger partial charge < -0.3 is 9.72 Å². The van der Waals surface area contributed by atoms with Gasteiger partial charge >= 0.3 is 0 Å². The van der Waals surface area contributed by atoms with E-state index in [1.54, 1.807) is 23.6 Å². The number of nitrogens with zero attached hydrogens (tertiary/aromatic N) is 3. The number of aromatic amines is 1. The van der Waals surface area contributed by atoms with E-state index in [2.05, 4.69) is 25.1 Å². The minimum atomic E-state index is -0.0543. The summed E-state index contributed by atoms with van der Waals surface area (Å²) in [7, 11) is 1.52. The molecule has 0 unspecified atom stereocenters. The lowest BCUT2D eigenvalue weighted by Gasteiger charge is -2.36. The van der Waals surface area contributed by atoms with Gasteiger partial charge in [0, 0.05) is 62.1 Å². The fraction of sp³-hybridized carbons (Fsp3) is 0.556. The zero-order valence-electron chi connectivity index (χ0n) is 14.5. The third-order valence-electron chi connectivity index (χ3n) is 5.30. The first-order valence-corrected chi connectivity index (χ1v) is 9.74. The Hall–Kier alpha value is -1.70. The fourth-order valence-corrected chi connectivity index (χ4v) is 4.66. The van der Waals surface area contributed by atoms with Gasteiger partial charge in [-0.05, 0) is 18.8 Å². The molecular weight excluding hydrogens is 336 g/mol. The summed E-state index contributed by atoms with van der Waals surface area (Å²) in [4.78, 5) is 24.7. The van der Waals surface area contributed by atoms with Crippen LogP contribution >= 0.6 is 11.3 Å². The molecule has 2 bridgehead atoms. The fourth-order valence-electron chi connectivity index (χ4n) is 4.11. The number of methoxy groups -OCH3 is 1. The molecule has 1 N–H and O–H groups in total. The minimum Gasteiger partial charge on any atom is -0.491 e. The number of piperidine rings is 1. The van der Waals surface area contributed by atoms with Crippen LogP contribution in [0.4, 0.5) is 0 Å². The molecule has 2 aromatic rings. The summed E-state index contributed by atoms with van der Waals surface area (Å²) < 4.78 is 5.05. The average Bonchev–Trinajstić information content (AvgIpc) is 2.95. The van der Waals surface area contributed by atoms with Crippen LogP contribution in [-0.4, -0.2) is 52.6 Å². The molecule has 3 aliphatic rings. The number of hydrogen-bond acceptors (Lipinski definition) is 6. The number of H-pyrrole nitrogens is 1. The zero-order chi connectivity index (χ0) is 17.2. The number of nitrogens with one attached hydrogen (secondary N) is 1. The highest BCUT2D eigenvalue weighted by atomic mass is 32.1. The monoisotopic (exact) mass is 360 g/mol. The Morgan fingerprint density at radius 1 is 1.32 bits per heavy atom. The first-order chi connectivity index (χ1) is 12.2. The first kappa shape index (κ1) is 16.8. The summed E-state index contributed by atoms with van der Waals surface area (Å²) in [5.41, 5.74) is 4.00. The van der Waals surface area contributed by atoms with Crippen molar-refractivity contribution in [1.29, 1.82) is 0 Å². The standard InChI is InChI=1S/C18H24N4O2S/c1-24-18-5-19-14(4-17(18)23)9-22-7-13-2-3-16(22)10-21(6-13)8-15-11-25-12-20-15/h4-5,11-13,16H,2-3,6-10H2,1H3,(H,19,23)/t13-,16+/m0/s1. The Morgan fingerprint density at radius 2 is 2.24 bits per heavy atom. The Kier molecular flexibility index (Phi) is 4.87. The van der Waals surface area contributed by atoms with Crippen LogP contribution in [0.1, 0.15) is 24.2 Å². The average molecular weight is 360 g/mol. The lowest BCUT2D eigenvalue weighted by Crippen LogP contribution is -2.43. The van der Waals surface area contributed by atoms with E-state index in [-0.39, 0.29) is 5.43 Å². The molecule has 0 saturated carbocycles. The number of aromatic nitrogens is 2. The van der Waals surface area contributed by atoms with Crippen molar-refractivity contribution in [3.05, 3.63) is 44.8 Å². The van der Waals surface area contributed by atoms with Crippen LogP contribution in [-0.2, 0) is 13.1 Å². The van der Waals surface area contributed by atoms with Crippen LogP contribution in [0.2, 0.25) is 0 Å². The molecule has 7 heteroatoms. The smallest absolute Gasteiger partial charge is 0.223 e. The maximum Gasteiger partial charge on any atom is 0.223 e. The van der Waals surface area contributed by atoms with Crippen molar-refractivity contribution in [2.45, 2.75) is 32.0 Å². The molecule has 0 radical (unpaired) electrons. The van der Waals surface area contributed by atoms with Crippen molar-refractivity contribution in [2.75, 3.05) is 26.7 Å². The van der Waals surface area contributed by atoms with Gasteiger partial charge in [0.1, 0.15) is 0 Å². The van der Waals surface area contributed by atoms with Crippen LogP contribution in [0, 0.1) is 5.92 Å².